The summed E-state index contributed by atoms with van der Waals surface area (Å²) in [7, 11) is -1.47. The molecule has 0 saturated heterocycles. The summed E-state index contributed by atoms with van der Waals surface area (Å²) in [6.45, 7) is 16.2. The lowest BCUT2D eigenvalue weighted by atomic mass is 9.90. The molecule has 4 heteroatoms. The maximum Gasteiger partial charge on any atom is 0.116 e. The zero-order valence-corrected chi connectivity index (χ0v) is 21.8. The van der Waals surface area contributed by atoms with Crippen molar-refractivity contribution in [2.45, 2.75) is 53.3 Å². The number of rotatable bonds is 3. The molecule has 2 aromatic heterocycles. The summed E-state index contributed by atoms with van der Waals surface area (Å²) >= 11 is 1.87. The lowest BCUT2D eigenvalue weighted by Crippen LogP contribution is -2.37. The van der Waals surface area contributed by atoms with Gasteiger partial charge in [0, 0.05) is 15.6 Å². The van der Waals surface area contributed by atoms with Crippen molar-refractivity contribution in [3.63, 3.8) is 0 Å². The minimum absolute atomic E-state index is 0.442. The lowest BCUT2D eigenvalue weighted by Gasteiger charge is -2.17. The zero-order chi connectivity index (χ0) is 22.8. The Balaban J connectivity index is 1.84. The van der Waals surface area contributed by atoms with Crippen LogP contribution in [-0.2, 0) is 0 Å². The van der Waals surface area contributed by atoms with Crippen LogP contribution < -0.4 is 5.19 Å². The summed E-state index contributed by atoms with van der Waals surface area (Å²) in [5.41, 5.74) is 7.40. The first-order chi connectivity index (χ1) is 15.1. The van der Waals surface area contributed by atoms with Gasteiger partial charge < -0.3 is 0 Å². The Morgan fingerprint density at radius 1 is 0.844 bits per heavy atom. The number of thiophene rings is 1. The third-order valence-electron chi connectivity index (χ3n) is 6.58. The molecule has 2 heterocycles. The monoisotopic (exact) mass is 454 g/mol. The van der Waals surface area contributed by atoms with Crippen molar-refractivity contribution >= 4 is 55.7 Å². The van der Waals surface area contributed by atoms with E-state index in [0.717, 1.165) is 11.2 Å². The molecule has 0 aliphatic rings. The maximum absolute atomic E-state index is 4.82. The van der Waals surface area contributed by atoms with Gasteiger partial charge in [-0.25, -0.2) is 9.97 Å². The van der Waals surface area contributed by atoms with E-state index >= 15 is 0 Å². The molecular weight excluding hydrogens is 424 g/mol. The summed E-state index contributed by atoms with van der Waals surface area (Å²) in [5.74, 6) is 0.442. The molecule has 0 aliphatic carbocycles. The molecular formula is C28H30N2SSi. The Hall–Kier alpha value is -2.56. The molecule has 0 fully saturated rings. The molecule has 2 nitrogen and oxygen atoms in total. The van der Waals surface area contributed by atoms with Crippen LogP contribution in [0.1, 0.15) is 36.5 Å². The van der Waals surface area contributed by atoms with E-state index < -0.39 is 8.07 Å². The number of fused-ring (bicyclic) bond motifs is 4. The molecule has 5 aromatic rings. The molecule has 32 heavy (non-hydrogen) atoms. The molecule has 5 rings (SSSR count). The van der Waals surface area contributed by atoms with E-state index in [-0.39, 0.29) is 0 Å². The highest BCUT2D eigenvalue weighted by atomic mass is 32.1. The zero-order valence-electron chi connectivity index (χ0n) is 20.0. The first-order valence-electron chi connectivity index (χ1n) is 11.4. The van der Waals surface area contributed by atoms with E-state index in [2.05, 4.69) is 89.8 Å². The fourth-order valence-corrected chi connectivity index (χ4v) is 8.34. The maximum atomic E-state index is 4.82. The van der Waals surface area contributed by atoms with E-state index in [9.17, 15) is 0 Å². The van der Waals surface area contributed by atoms with Crippen LogP contribution in [-0.4, -0.2) is 18.0 Å². The number of nitrogens with zero attached hydrogens (tertiary/aromatic N) is 2. The smallest absolute Gasteiger partial charge is 0.116 e. The summed E-state index contributed by atoms with van der Waals surface area (Å²) in [6.07, 6.45) is 1.74. The van der Waals surface area contributed by atoms with Gasteiger partial charge in [-0.05, 0) is 64.5 Å². The first kappa shape index (κ1) is 21.3. The first-order valence-corrected chi connectivity index (χ1v) is 15.7. The topological polar surface area (TPSA) is 25.8 Å². The second-order valence-electron chi connectivity index (χ2n) is 10.3. The molecule has 0 bridgehead atoms. The van der Waals surface area contributed by atoms with E-state index in [1.807, 2.05) is 11.3 Å². The predicted molar refractivity (Wildman–Crippen MR) is 144 cm³/mol. The number of aromatic nitrogens is 2. The average molecular weight is 455 g/mol. The average Bonchev–Trinajstić information content (AvgIpc) is 3.12. The van der Waals surface area contributed by atoms with E-state index in [0.29, 0.717) is 5.92 Å². The molecule has 0 N–H and O–H groups in total. The van der Waals surface area contributed by atoms with Gasteiger partial charge in [-0.1, -0.05) is 63.8 Å². The summed E-state index contributed by atoms with van der Waals surface area (Å²) in [4.78, 5) is 9.56. The van der Waals surface area contributed by atoms with Gasteiger partial charge in [-0.2, -0.15) is 0 Å². The second kappa shape index (κ2) is 7.50. The fourth-order valence-electron chi connectivity index (χ4n) is 4.67. The van der Waals surface area contributed by atoms with Crippen LogP contribution in [0.5, 0.6) is 0 Å². The van der Waals surface area contributed by atoms with Crippen LogP contribution in [0.25, 0.3) is 42.3 Å². The highest BCUT2D eigenvalue weighted by molar-refractivity contribution is 7.28. The molecule has 0 atom stereocenters. The van der Waals surface area contributed by atoms with E-state index in [4.69, 9.17) is 9.97 Å². The van der Waals surface area contributed by atoms with E-state index in [1.165, 1.54) is 53.0 Å². The summed E-state index contributed by atoms with van der Waals surface area (Å²) in [6, 6.07) is 16.1. The molecule has 0 saturated carbocycles. The number of aryl methyl sites for hydroxylation is 2. The normalized spacial score (nSPS) is 12.5. The van der Waals surface area contributed by atoms with E-state index in [1.54, 1.807) is 6.33 Å². The summed E-state index contributed by atoms with van der Waals surface area (Å²) in [5, 5.41) is 5.43. The standard InChI is InChI=1S/C28H30N2SSi/c1-16(2)22-14-20(13-19-11-17(3)18(4)12-23(19)22)25-28-26(30-15-29-25)21-9-8-10-24(27(21)31-28)32(5,6)7/h8-16H,1-7H3. The Bertz CT molecular complexity index is 1510. The Kier molecular flexibility index (Phi) is 4.99. The van der Waals surface area contributed by atoms with Gasteiger partial charge in [-0.15, -0.1) is 11.3 Å². The largest absolute Gasteiger partial charge is 0.235 e. The van der Waals surface area contributed by atoms with Gasteiger partial charge in [-0.3, -0.25) is 0 Å². The van der Waals surface area contributed by atoms with Gasteiger partial charge >= 0.3 is 0 Å². The van der Waals surface area contributed by atoms with Gasteiger partial charge in [0.15, 0.2) is 0 Å². The molecule has 162 valence electrons. The molecule has 0 unspecified atom stereocenters. The van der Waals surface area contributed by atoms with Crippen LogP contribution in [0.4, 0.5) is 0 Å². The minimum atomic E-state index is -1.47. The predicted octanol–water partition coefficient (Wildman–Crippen LogP) is 7.95. The Morgan fingerprint density at radius 3 is 2.31 bits per heavy atom. The second-order valence-corrected chi connectivity index (χ2v) is 16.4. The van der Waals surface area contributed by atoms with Crippen LogP contribution in [0.2, 0.25) is 19.6 Å². The number of hydrogen-bond donors (Lipinski definition) is 0. The molecule has 0 spiro atoms. The number of benzene rings is 3. The summed E-state index contributed by atoms with van der Waals surface area (Å²) < 4.78 is 2.59. The Labute approximate surface area is 195 Å². The van der Waals surface area contributed by atoms with Crippen LogP contribution in [0, 0.1) is 13.8 Å². The van der Waals surface area contributed by atoms with Crippen LogP contribution >= 0.6 is 11.3 Å². The van der Waals surface area contributed by atoms with Crippen molar-refractivity contribution in [1.82, 2.24) is 9.97 Å². The highest BCUT2D eigenvalue weighted by Crippen LogP contribution is 2.40. The third kappa shape index (κ3) is 3.37. The number of hydrogen-bond acceptors (Lipinski definition) is 3. The fraction of sp³-hybridized carbons (Fsp3) is 0.286. The SMILES string of the molecule is Cc1cc2cc(-c3ncnc4c3sc3c([Si](C)(C)C)cccc34)cc(C(C)C)c2cc1C. The van der Waals surface area contributed by atoms with Gasteiger partial charge in [0.25, 0.3) is 0 Å². The van der Waals surface area contributed by atoms with Crippen molar-refractivity contribution in [2.75, 3.05) is 0 Å². The van der Waals surface area contributed by atoms with Gasteiger partial charge in [0.1, 0.15) is 6.33 Å². The van der Waals surface area contributed by atoms with Crippen molar-refractivity contribution in [3.8, 4) is 11.3 Å². The van der Waals surface area contributed by atoms with Gasteiger partial charge in [0.05, 0.1) is 24.0 Å². The van der Waals surface area contributed by atoms with Gasteiger partial charge in [0.2, 0.25) is 0 Å². The van der Waals surface area contributed by atoms with Crippen molar-refractivity contribution in [1.29, 1.82) is 0 Å². The molecule has 0 radical (unpaired) electrons. The highest BCUT2D eigenvalue weighted by Gasteiger charge is 2.23. The molecule has 3 aromatic carbocycles. The Morgan fingerprint density at radius 2 is 1.59 bits per heavy atom. The molecule has 0 aliphatic heterocycles. The molecule has 0 amide bonds. The van der Waals surface area contributed by atoms with Crippen molar-refractivity contribution in [2.24, 2.45) is 0 Å². The minimum Gasteiger partial charge on any atom is -0.235 e. The lowest BCUT2D eigenvalue weighted by molar-refractivity contribution is 0.876. The van der Waals surface area contributed by atoms with Crippen LogP contribution in [0.15, 0.2) is 48.8 Å². The van der Waals surface area contributed by atoms with Crippen LogP contribution in [0.3, 0.4) is 0 Å². The third-order valence-corrected chi connectivity index (χ3v) is 10.0. The van der Waals surface area contributed by atoms with Crippen molar-refractivity contribution < 1.29 is 0 Å². The van der Waals surface area contributed by atoms with Crippen molar-refractivity contribution in [3.05, 3.63) is 65.5 Å². The quantitative estimate of drug-likeness (QED) is 0.258.